The fraction of sp³-hybridized carbons (Fsp3) is 1.00. The lowest BCUT2D eigenvalue weighted by atomic mass is 10.2. The van der Waals surface area contributed by atoms with Crippen LogP contribution in [0.2, 0.25) is 0 Å². The molecule has 0 amide bonds. The Hall–Kier alpha value is -0.220. The van der Waals surface area contributed by atoms with Crippen LogP contribution in [0.3, 0.4) is 0 Å². The molecule has 0 saturated heterocycles. The molecule has 2 nitrogen and oxygen atoms in total. The summed E-state index contributed by atoms with van der Waals surface area (Å²) in [6.07, 6.45) is -0.445. The molecule has 0 fully saturated rings. The van der Waals surface area contributed by atoms with Gasteiger partial charge in [-0.15, -0.1) is 0 Å². The third-order valence-corrected chi connectivity index (χ3v) is 1.65. The predicted octanol–water partition coefficient (Wildman–Crippen LogP) is 1.31. The number of hydrogen-bond donors (Lipinski definition) is 1. The number of halogens is 2. The van der Waals surface area contributed by atoms with Crippen molar-refractivity contribution in [3.8, 4) is 0 Å². The van der Waals surface area contributed by atoms with E-state index in [0.717, 1.165) is 12.8 Å². The Morgan fingerprint density at radius 2 is 2.00 bits per heavy atom. The Morgan fingerprint density at radius 3 is 2.42 bits per heavy atom. The van der Waals surface area contributed by atoms with E-state index in [9.17, 15) is 8.78 Å². The van der Waals surface area contributed by atoms with Crippen molar-refractivity contribution in [3.05, 3.63) is 0 Å². The molecule has 1 atom stereocenters. The van der Waals surface area contributed by atoms with Crippen LogP contribution in [-0.2, 0) is 0 Å². The lowest BCUT2D eigenvalue weighted by Crippen LogP contribution is -2.27. The van der Waals surface area contributed by atoms with Gasteiger partial charge in [-0.2, -0.15) is 0 Å². The van der Waals surface area contributed by atoms with Crippen molar-refractivity contribution in [2.45, 2.75) is 32.2 Å². The second kappa shape index (κ2) is 6.31. The summed E-state index contributed by atoms with van der Waals surface area (Å²) in [7, 11) is 1.70. The maximum absolute atomic E-state index is 11.8. The van der Waals surface area contributed by atoms with Crippen LogP contribution in [0.5, 0.6) is 0 Å². The van der Waals surface area contributed by atoms with Crippen LogP contribution in [-0.4, -0.2) is 37.5 Å². The number of alkyl halides is 2. The number of nitrogens with zero attached hydrogens (tertiary/aromatic N) is 1. The molecule has 0 rings (SSSR count). The molecule has 0 aromatic heterocycles. The molecule has 0 radical (unpaired) electrons. The Bertz CT molecular complexity index is 107. The van der Waals surface area contributed by atoms with Crippen molar-refractivity contribution in [1.82, 2.24) is 4.90 Å². The smallest absolute Gasteiger partial charge is 0.251 e. The monoisotopic (exact) mass is 180 g/mol. The minimum Gasteiger partial charge on any atom is -0.328 e. The fourth-order valence-electron chi connectivity index (χ4n) is 1.01. The Morgan fingerprint density at radius 1 is 1.42 bits per heavy atom. The van der Waals surface area contributed by atoms with Gasteiger partial charge in [-0.3, -0.25) is 0 Å². The van der Waals surface area contributed by atoms with E-state index in [-0.39, 0.29) is 12.6 Å². The summed E-state index contributed by atoms with van der Waals surface area (Å²) in [6.45, 7) is 2.48. The molecule has 0 aromatic carbocycles. The summed E-state index contributed by atoms with van der Waals surface area (Å²) in [5.74, 6) is 0. The van der Waals surface area contributed by atoms with Crippen LogP contribution in [0.15, 0.2) is 0 Å². The molecular formula is C8H18F2N2. The summed E-state index contributed by atoms with van der Waals surface area (Å²) in [6, 6.07) is 0.171. The van der Waals surface area contributed by atoms with Crippen molar-refractivity contribution in [3.63, 3.8) is 0 Å². The third kappa shape index (κ3) is 7.88. The number of rotatable bonds is 6. The van der Waals surface area contributed by atoms with Gasteiger partial charge in [0.25, 0.3) is 6.43 Å². The van der Waals surface area contributed by atoms with Crippen LogP contribution in [0.1, 0.15) is 19.8 Å². The second-order valence-corrected chi connectivity index (χ2v) is 3.27. The first-order valence-corrected chi connectivity index (χ1v) is 4.24. The fourth-order valence-corrected chi connectivity index (χ4v) is 1.01. The minimum absolute atomic E-state index is 0.140. The SMILES string of the molecule is CC(N)CCCN(C)CC(F)F. The maximum Gasteiger partial charge on any atom is 0.251 e. The molecule has 0 bridgehead atoms. The highest BCUT2D eigenvalue weighted by Crippen LogP contribution is 1.99. The number of hydrogen-bond acceptors (Lipinski definition) is 2. The van der Waals surface area contributed by atoms with E-state index in [1.807, 2.05) is 6.92 Å². The second-order valence-electron chi connectivity index (χ2n) is 3.27. The van der Waals surface area contributed by atoms with Crippen molar-refractivity contribution in [2.24, 2.45) is 5.73 Å². The highest BCUT2D eigenvalue weighted by Gasteiger charge is 2.06. The van der Waals surface area contributed by atoms with Gasteiger partial charge in [0.1, 0.15) is 0 Å². The van der Waals surface area contributed by atoms with E-state index < -0.39 is 6.43 Å². The topological polar surface area (TPSA) is 29.3 Å². The van der Waals surface area contributed by atoms with Crippen LogP contribution in [0.25, 0.3) is 0 Å². The zero-order valence-corrected chi connectivity index (χ0v) is 7.76. The molecule has 0 aliphatic rings. The molecule has 0 saturated carbocycles. The van der Waals surface area contributed by atoms with Gasteiger partial charge in [0.2, 0.25) is 0 Å². The summed E-state index contributed by atoms with van der Waals surface area (Å²) in [5, 5.41) is 0. The van der Waals surface area contributed by atoms with E-state index in [1.54, 1.807) is 11.9 Å². The van der Waals surface area contributed by atoms with Gasteiger partial charge in [-0.05, 0) is 33.4 Å². The van der Waals surface area contributed by atoms with Crippen LogP contribution in [0, 0.1) is 0 Å². The first-order valence-electron chi connectivity index (χ1n) is 4.24. The van der Waals surface area contributed by atoms with Crippen molar-refractivity contribution < 1.29 is 8.78 Å². The predicted molar refractivity (Wildman–Crippen MR) is 46.4 cm³/mol. The molecule has 2 N–H and O–H groups in total. The summed E-state index contributed by atoms with van der Waals surface area (Å²) in [5.41, 5.74) is 5.51. The average molecular weight is 180 g/mol. The molecule has 4 heteroatoms. The average Bonchev–Trinajstić information content (AvgIpc) is 1.84. The van der Waals surface area contributed by atoms with Gasteiger partial charge < -0.3 is 10.6 Å². The number of nitrogens with two attached hydrogens (primary N) is 1. The molecule has 0 aromatic rings. The lowest BCUT2D eigenvalue weighted by Gasteiger charge is -2.16. The third-order valence-electron chi connectivity index (χ3n) is 1.65. The van der Waals surface area contributed by atoms with Gasteiger partial charge in [-0.1, -0.05) is 0 Å². The van der Waals surface area contributed by atoms with Crippen LogP contribution >= 0.6 is 0 Å². The molecule has 1 unspecified atom stereocenters. The molecule has 74 valence electrons. The molecule has 0 aliphatic heterocycles. The van der Waals surface area contributed by atoms with Crippen molar-refractivity contribution in [1.29, 1.82) is 0 Å². The van der Waals surface area contributed by atoms with Crippen LogP contribution < -0.4 is 5.73 Å². The summed E-state index contributed by atoms with van der Waals surface area (Å²) in [4.78, 5) is 1.63. The summed E-state index contributed by atoms with van der Waals surface area (Å²) >= 11 is 0. The van der Waals surface area contributed by atoms with Crippen molar-refractivity contribution in [2.75, 3.05) is 20.1 Å². The molecule has 12 heavy (non-hydrogen) atoms. The molecular weight excluding hydrogens is 162 g/mol. The van der Waals surface area contributed by atoms with Gasteiger partial charge in [-0.25, -0.2) is 8.78 Å². The van der Waals surface area contributed by atoms with E-state index in [2.05, 4.69) is 0 Å². The molecule has 0 spiro atoms. The van der Waals surface area contributed by atoms with Gasteiger partial charge in [0.15, 0.2) is 0 Å². The van der Waals surface area contributed by atoms with Crippen molar-refractivity contribution >= 4 is 0 Å². The Kier molecular flexibility index (Phi) is 6.20. The highest BCUT2D eigenvalue weighted by atomic mass is 19.3. The molecule has 0 aliphatic carbocycles. The first-order chi connectivity index (χ1) is 5.52. The van der Waals surface area contributed by atoms with Crippen LogP contribution in [0.4, 0.5) is 8.78 Å². The normalized spacial score (nSPS) is 14.2. The van der Waals surface area contributed by atoms with E-state index in [0.29, 0.717) is 6.54 Å². The Labute approximate surface area is 72.7 Å². The zero-order valence-electron chi connectivity index (χ0n) is 7.76. The largest absolute Gasteiger partial charge is 0.328 e. The van der Waals surface area contributed by atoms with Gasteiger partial charge in [0, 0.05) is 6.04 Å². The Balaban J connectivity index is 3.25. The quantitative estimate of drug-likeness (QED) is 0.667. The zero-order chi connectivity index (χ0) is 9.56. The van der Waals surface area contributed by atoms with E-state index >= 15 is 0 Å². The summed E-state index contributed by atoms with van der Waals surface area (Å²) < 4.78 is 23.6. The highest BCUT2D eigenvalue weighted by molar-refractivity contribution is 4.57. The van der Waals surface area contributed by atoms with Gasteiger partial charge in [0.05, 0.1) is 6.54 Å². The standard InChI is InChI=1S/C8H18F2N2/c1-7(11)4-3-5-12(2)6-8(9)10/h7-8H,3-6,11H2,1-2H3. The maximum atomic E-state index is 11.8. The lowest BCUT2D eigenvalue weighted by molar-refractivity contribution is 0.0995. The first kappa shape index (κ1) is 11.8. The molecule has 0 heterocycles. The van der Waals surface area contributed by atoms with E-state index in [1.165, 1.54) is 0 Å². The van der Waals surface area contributed by atoms with Gasteiger partial charge >= 0.3 is 0 Å². The van der Waals surface area contributed by atoms with E-state index in [4.69, 9.17) is 5.73 Å². The minimum atomic E-state index is -2.23.